The van der Waals surface area contributed by atoms with Gasteiger partial charge in [0.2, 0.25) is 0 Å². The lowest BCUT2D eigenvalue weighted by molar-refractivity contribution is -0.141. The number of piperidine rings is 2. The van der Waals surface area contributed by atoms with Gasteiger partial charge in [-0.15, -0.1) is 0 Å². The molecule has 0 radical (unpaired) electrons. The number of rotatable bonds is 4. The van der Waals surface area contributed by atoms with E-state index in [0.717, 1.165) is 67.4 Å². The predicted molar refractivity (Wildman–Crippen MR) is 179 cm³/mol. The predicted octanol–water partition coefficient (Wildman–Crippen LogP) is 3.91. The average Bonchev–Trinajstić information content (AvgIpc) is 3.07. The molecular formula is C38H48N2O8. The van der Waals surface area contributed by atoms with Crippen molar-refractivity contribution in [2.24, 2.45) is 11.8 Å². The van der Waals surface area contributed by atoms with Crippen LogP contribution in [0.5, 0.6) is 23.0 Å². The van der Waals surface area contributed by atoms with Crippen LogP contribution in [0.3, 0.4) is 0 Å². The van der Waals surface area contributed by atoms with Crippen molar-refractivity contribution in [3.05, 3.63) is 58.4 Å². The monoisotopic (exact) mass is 660 g/mol. The molecule has 10 heteroatoms. The van der Waals surface area contributed by atoms with Crippen LogP contribution in [-0.4, -0.2) is 105 Å². The van der Waals surface area contributed by atoms with Crippen LogP contribution in [0, 0.1) is 11.8 Å². The fourth-order valence-corrected chi connectivity index (χ4v) is 10.5. The maximum atomic E-state index is 12.7. The molecule has 6 aliphatic rings. The Morgan fingerprint density at radius 1 is 0.750 bits per heavy atom. The molecule has 2 heterocycles. The number of benzene rings is 2. The summed E-state index contributed by atoms with van der Waals surface area (Å²) in [6.45, 7) is 1.86. The molecule has 2 aromatic carbocycles. The molecule has 2 saturated heterocycles. The summed E-state index contributed by atoms with van der Waals surface area (Å²) in [4.78, 5) is 30.1. The molecule has 0 spiro atoms. The van der Waals surface area contributed by atoms with Gasteiger partial charge in [0, 0.05) is 59.9 Å². The minimum absolute atomic E-state index is 0.0205. The quantitative estimate of drug-likeness (QED) is 0.500. The molecule has 0 amide bonds. The molecule has 258 valence electrons. The second-order valence-electron chi connectivity index (χ2n) is 14.7. The highest BCUT2D eigenvalue weighted by Crippen LogP contribution is 2.59. The summed E-state index contributed by atoms with van der Waals surface area (Å²) in [6, 6.07) is 8.47. The number of ether oxygens (including phenoxy) is 4. The van der Waals surface area contributed by atoms with Crippen LogP contribution < -0.4 is 9.47 Å². The summed E-state index contributed by atoms with van der Waals surface area (Å²) >= 11 is 0. The van der Waals surface area contributed by atoms with Crippen LogP contribution in [0.15, 0.2) is 36.1 Å². The first-order chi connectivity index (χ1) is 23.0. The Balaban J connectivity index is 0.000000152. The van der Waals surface area contributed by atoms with Crippen LogP contribution in [0.4, 0.5) is 0 Å². The summed E-state index contributed by atoms with van der Waals surface area (Å²) in [5, 5.41) is 21.7. The largest absolute Gasteiger partial charge is 0.504 e. The van der Waals surface area contributed by atoms with Crippen LogP contribution in [0.25, 0.3) is 0 Å². The van der Waals surface area contributed by atoms with Gasteiger partial charge in [-0.2, -0.15) is 0 Å². The second kappa shape index (κ2) is 12.1. The zero-order valence-electron chi connectivity index (χ0n) is 28.9. The van der Waals surface area contributed by atoms with Gasteiger partial charge in [-0.25, -0.2) is 0 Å². The molecule has 2 aromatic rings. The van der Waals surface area contributed by atoms with E-state index in [2.05, 4.69) is 30.0 Å². The molecule has 4 bridgehead atoms. The Bertz CT molecular complexity index is 1670. The summed E-state index contributed by atoms with van der Waals surface area (Å²) in [5.41, 5.74) is 3.51. The number of carbonyl (C=O) groups excluding carboxylic acids is 2. The van der Waals surface area contributed by atoms with E-state index in [9.17, 15) is 19.8 Å². The minimum Gasteiger partial charge on any atom is -0.504 e. The van der Waals surface area contributed by atoms with Crippen molar-refractivity contribution in [1.29, 1.82) is 0 Å². The van der Waals surface area contributed by atoms with Crippen molar-refractivity contribution < 1.29 is 38.7 Å². The molecule has 48 heavy (non-hydrogen) atoms. The Labute approximate surface area is 282 Å². The van der Waals surface area contributed by atoms with E-state index < -0.39 is 0 Å². The third-order valence-electron chi connectivity index (χ3n) is 12.8. The first-order valence-corrected chi connectivity index (χ1v) is 17.1. The maximum absolute atomic E-state index is 12.7. The van der Waals surface area contributed by atoms with Crippen LogP contribution >= 0.6 is 0 Å². The van der Waals surface area contributed by atoms with Gasteiger partial charge in [-0.3, -0.25) is 9.59 Å². The molecule has 1 saturated carbocycles. The highest BCUT2D eigenvalue weighted by molar-refractivity contribution is 5.96. The number of aromatic hydroxyl groups is 2. The lowest BCUT2D eigenvalue weighted by Gasteiger charge is -2.58. The second-order valence-corrected chi connectivity index (χ2v) is 14.7. The lowest BCUT2D eigenvalue weighted by Crippen LogP contribution is -2.63. The number of hydrogen-bond donors (Lipinski definition) is 2. The molecular weight excluding hydrogens is 612 g/mol. The van der Waals surface area contributed by atoms with Crippen molar-refractivity contribution >= 4 is 11.6 Å². The number of likely N-dealkylation sites (N-methyl/N-ethyl adjacent to an activating group) is 2. The van der Waals surface area contributed by atoms with E-state index in [1.165, 1.54) is 0 Å². The summed E-state index contributed by atoms with van der Waals surface area (Å²) in [6.07, 6.45) is 6.75. The van der Waals surface area contributed by atoms with Crippen molar-refractivity contribution in [3.63, 3.8) is 0 Å². The molecule has 0 aromatic heterocycles. The molecule has 3 fully saturated rings. The lowest BCUT2D eigenvalue weighted by atomic mass is 9.51. The Kier molecular flexibility index (Phi) is 8.28. The van der Waals surface area contributed by atoms with Gasteiger partial charge < -0.3 is 39.0 Å². The van der Waals surface area contributed by atoms with Crippen molar-refractivity contribution in [2.75, 3.05) is 55.6 Å². The molecule has 4 aliphatic carbocycles. The van der Waals surface area contributed by atoms with Crippen molar-refractivity contribution in [1.82, 2.24) is 9.80 Å². The van der Waals surface area contributed by atoms with Gasteiger partial charge in [0.05, 0.1) is 21.3 Å². The Hall–Kier alpha value is -3.60. The summed E-state index contributed by atoms with van der Waals surface area (Å²) < 4.78 is 21.5. The maximum Gasteiger partial charge on any atom is 0.197 e. The minimum atomic E-state index is -0.359. The first-order valence-electron chi connectivity index (χ1n) is 17.1. The molecule has 5 unspecified atom stereocenters. The standard InChI is InChI=1S/C19H25NO4.C19H23NO4/c2*1-20-7-6-19-10-14(21)16(24-3)9-12(19)13(20)8-11-4-5-15(23-2)18(22)17(11)19/h4-5,12-13,16,22H,6-10H2,1-3H3;4-5,9,12-13,22H,6-8,10H2,1-3H3/t12?,13?,16?,19-;12?,13?,19-/m11/s1. The topological polar surface area (TPSA) is 118 Å². The number of Topliss-reactive ketones (excluding diaryl/α,β-unsaturated/α-hetero) is 2. The van der Waals surface area contributed by atoms with E-state index in [0.29, 0.717) is 48.1 Å². The van der Waals surface area contributed by atoms with Gasteiger partial charge in [0.15, 0.2) is 40.3 Å². The van der Waals surface area contributed by atoms with E-state index in [4.69, 9.17) is 18.9 Å². The number of ketones is 2. The Morgan fingerprint density at radius 3 is 1.90 bits per heavy atom. The number of fused-ring (bicyclic) bond motifs is 2. The van der Waals surface area contributed by atoms with Gasteiger partial charge in [-0.1, -0.05) is 12.1 Å². The normalized spacial score (nSPS) is 33.5. The fourth-order valence-electron chi connectivity index (χ4n) is 10.5. The highest BCUT2D eigenvalue weighted by Gasteiger charge is 2.59. The van der Waals surface area contributed by atoms with E-state index in [-0.39, 0.29) is 45.9 Å². The van der Waals surface area contributed by atoms with Crippen molar-refractivity contribution in [2.45, 2.75) is 74.0 Å². The number of methoxy groups -OCH3 is 4. The highest BCUT2D eigenvalue weighted by atomic mass is 16.5. The molecule has 10 nitrogen and oxygen atoms in total. The average molecular weight is 661 g/mol. The number of carbonyl (C=O) groups is 2. The van der Waals surface area contributed by atoms with E-state index in [1.54, 1.807) is 28.4 Å². The smallest absolute Gasteiger partial charge is 0.197 e. The van der Waals surface area contributed by atoms with Crippen LogP contribution in [0.1, 0.15) is 54.4 Å². The molecule has 7 atom stereocenters. The number of phenols is 2. The molecule has 2 aliphatic heterocycles. The first kappa shape index (κ1) is 32.9. The van der Waals surface area contributed by atoms with Gasteiger partial charge in [0.1, 0.15) is 6.10 Å². The third-order valence-corrected chi connectivity index (χ3v) is 12.8. The van der Waals surface area contributed by atoms with Crippen LogP contribution in [0.2, 0.25) is 0 Å². The zero-order chi connectivity index (χ0) is 34.1. The van der Waals surface area contributed by atoms with Gasteiger partial charge >= 0.3 is 0 Å². The zero-order valence-corrected chi connectivity index (χ0v) is 28.9. The number of allylic oxidation sites excluding steroid dienone is 1. The SMILES string of the molecule is COC1=CC2C3Cc4ccc(OC)c(O)c4[C@]2(CCN3C)CC1=O.COc1ccc2c(c1O)[C@@]13CCN(C)C(C2)C1CC(OC)C(=O)C3. The third kappa shape index (κ3) is 4.70. The summed E-state index contributed by atoms with van der Waals surface area (Å²) in [7, 11) is 10.6. The summed E-state index contributed by atoms with van der Waals surface area (Å²) in [5.74, 6) is 2.53. The number of likely N-dealkylation sites (tertiary alicyclic amines) is 2. The van der Waals surface area contributed by atoms with Crippen molar-refractivity contribution in [3.8, 4) is 23.0 Å². The number of phenolic OH excluding ortho intramolecular Hbond substituents is 2. The fraction of sp³-hybridized carbons (Fsp3) is 0.579. The molecule has 2 N–H and O–H groups in total. The van der Waals surface area contributed by atoms with Gasteiger partial charge in [-0.05, 0) is 94.5 Å². The van der Waals surface area contributed by atoms with E-state index >= 15 is 0 Å². The number of nitrogens with zero attached hydrogens (tertiary/aromatic N) is 2. The van der Waals surface area contributed by atoms with Crippen LogP contribution in [-0.2, 0) is 42.7 Å². The Morgan fingerprint density at radius 2 is 1.31 bits per heavy atom. The van der Waals surface area contributed by atoms with E-state index in [1.807, 2.05) is 24.3 Å². The molecule has 8 rings (SSSR count). The number of hydrogen-bond acceptors (Lipinski definition) is 10. The van der Waals surface area contributed by atoms with Gasteiger partial charge in [0.25, 0.3) is 0 Å².